The fraction of sp³-hybridized carbons (Fsp3) is 0.231. The number of hydrogen-bond donors (Lipinski definition) is 1. The Kier molecular flexibility index (Phi) is 7.01. The summed E-state index contributed by atoms with van der Waals surface area (Å²) in [6.07, 6.45) is 1.63. The van der Waals surface area contributed by atoms with Gasteiger partial charge in [0.05, 0.1) is 6.61 Å². The molecule has 0 unspecified atom stereocenters. The Morgan fingerprint density at radius 1 is 1.16 bits per heavy atom. The maximum Gasteiger partial charge on any atom is 0.266 e. The van der Waals surface area contributed by atoms with Crippen molar-refractivity contribution in [1.29, 1.82) is 5.26 Å². The molecule has 1 amide bonds. The van der Waals surface area contributed by atoms with E-state index in [2.05, 4.69) is 39.0 Å². The van der Waals surface area contributed by atoms with Gasteiger partial charge in [-0.3, -0.25) is 4.79 Å². The summed E-state index contributed by atoms with van der Waals surface area (Å²) in [4.78, 5) is 14.8. The monoisotopic (exact) mass is 428 g/mol. The normalized spacial score (nSPS) is 11.1. The summed E-state index contributed by atoms with van der Waals surface area (Å²) >= 11 is 0. The highest BCUT2D eigenvalue weighted by Crippen LogP contribution is 2.25. The highest BCUT2D eigenvalue weighted by Gasteiger charge is 2.14. The summed E-state index contributed by atoms with van der Waals surface area (Å²) in [7, 11) is 4.01. The third kappa shape index (κ3) is 5.01. The van der Waals surface area contributed by atoms with Crippen molar-refractivity contribution in [3.8, 4) is 17.5 Å². The van der Waals surface area contributed by atoms with Gasteiger partial charge in [-0.1, -0.05) is 6.07 Å². The number of aromatic nitrogens is 1. The van der Waals surface area contributed by atoms with Crippen LogP contribution >= 0.6 is 0 Å². The lowest BCUT2D eigenvalue weighted by atomic mass is 10.1. The van der Waals surface area contributed by atoms with Gasteiger partial charge in [0, 0.05) is 48.6 Å². The number of nitrogens with zero attached hydrogens (tertiary/aromatic N) is 3. The predicted octanol–water partition coefficient (Wildman–Crippen LogP) is 5.10. The van der Waals surface area contributed by atoms with Gasteiger partial charge in [-0.25, -0.2) is 0 Å². The minimum Gasteiger partial charge on any atom is -0.494 e. The number of anilines is 2. The van der Waals surface area contributed by atoms with Gasteiger partial charge in [0.25, 0.3) is 5.91 Å². The van der Waals surface area contributed by atoms with E-state index in [0.717, 1.165) is 28.3 Å². The summed E-state index contributed by atoms with van der Waals surface area (Å²) in [5.41, 5.74) is 5.57. The van der Waals surface area contributed by atoms with Crippen molar-refractivity contribution in [2.24, 2.45) is 0 Å². The van der Waals surface area contributed by atoms with Crippen LogP contribution in [0.3, 0.4) is 0 Å². The van der Waals surface area contributed by atoms with Crippen molar-refractivity contribution in [2.45, 2.75) is 20.8 Å². The van der Waals surface area contributed by atoms with Crippen LogP contribution in [0.15, 0.2) is 60.2 Å². The second kappa shape index (κ2) is 9.88. The topological polar surface area (TPSA) is 70.3 Å². The van der Waals surface area contributed by atoms with Crippen molar-refractivity contribution in [2.75, 3.05) is 30.9 Å². The van der Waals surface area contributed by atoms with E-state index in [1.807, 2.05) is 53.1 Å². The first-order chi connectivity index (χ1) is 15.3. The molecule has 0 bridgehead atoms. The van der Waals surface area contributed by atoms with Crippen LogP contribution in [-0.4, -0.2) is 31.2 Å². The van der Waals surface area contributed by atoms with Crippen LogP contribution in [0.5, 0.6) is 5.75 Å². The van der Waals surface area contributed by atoms with Gasteiger partial charge in [-0.05, 0) is 74.9 Å². The molecule has 1 N–H and O–H groups in total. The van der Waals surface area contributed by atoms with Crippen LogP contribution in [0.25, 0.3) is 11.8 Å². The van der Waals surface area contributed by atoms with E-state index in [-0.39, 0.29) is 5.57 Å². The van der Waals surface area contributed by atoms with Crippen LogP contribution in [-0.2, 0) is 4.79 Å². The van der Waals surface area contributed by atoms with Crippen LogP contribution in [0.2, 0.25) is 0 Å². The zero-order chi connectivity index (χ0) is 23.3. The second-order valence-electron chi connectivity index (χ2n) is 7.66. The van der Waals surface area contributed by atoms with Crippen LogP contribution in [0.4, 0.5) is 11.4 Å². The molecule has 0 spiro atoms. The summed E-state index contributed by atoms with van der Waals surface area (Å²) in [5.74, 6) is 0.206. The minimum absolute atomic E-state index is 0.0371. The molecule has 0 fully saturated rings. The summed E-state index contributed by atoms with van der Waals surface area (Å²) in [6, 6.07) is 19.4. The molecule has 0 saturated carbocycles. The maximum atomic E-state index is 12.7. The molecule has 1 heterocycles. The Hall–Kier alpha value is -3.98. The lowest BCUT2D eigenvalue weighted by Gasteiger charge is -2.15. The molecule has 0 aliphatic heterocycles. The largest absolute Gasteiger partial charge is 0.494 e. The van der Waals surface area contributed by atoms with E-state index in [9.17, 15) is 10.1 Å². The number of carbonyl (C=O) groups is 1. The summed E-state index contributed by atoms with van der Waals surface area (Å²) < 4.78 is 7.58. The lowest BCUT2D eigenvalue weighted by Crippen LogP contribution is -2.13. The molecule has 32 heavy (non-hydrogen) atoms. The van der Waals surface area contributed by atoms with Crippen molar-refractivity contribution in [3.63, 3.8) is 0 Å². The number of carbonyl (C=O) groups excluding carboxylic acids is 1. The van der Waals surface area contributed by atoms with E-state index in [0.29, 0.717) is 18.0 Å². The highest BCUT2D eigenvalue weighted by molar-refractivity contribution is 6.09. The smallest absolute Gasteiger partial charge is 0.266 e. The van der Waals surface area contributed by atoms with Crippen LogP contribution in [0, 0.1) is 25.2 Å². The third-order valence-electron chi connectivity index (χ3n) is 5.16. The molecular formula is C26H28N4O2. The molecule has 1 aromatic heterocycles. The molecular weight excluding hydrogens is 400 g/mol. The molecule has 6 heteroatoms. The molecule has 0 saturated heterocycles. The van der Waals surface area contributed by atoms with Crippen molar-refractivity contribution in [1.82, 2.24) is 4.57 Å². The Morgan fingerprint density at radius 2 is 1.88 bits per heavy atom. The number of rotatable bonds is 7. The maximum absolute atomic E-state index is 12.7. The Labute approximate surface area is 189 Å². The zero-order valence-corrected chi connectivity index (χ0v) is 19.1. The molecule has 3 aromatic rings. The number of benzene rings is 2. The standard InChI is InChI=1S/C26H28N4O2/c1-6-32-25-9-7-8-22(16-25)28-26(31)21(17-27)15-20-14-18(2)30(19(20)3)24-12-10-23(11-13-24)29(4)5/h7-16H,6H2,1-5H3,(H,28,31). The molecule has 6 nitrogen and oxygen atoms in total. The molecule has 0 radical (unpaired) electrons. The Bertz CT molecular complexity index is 1180. The molecule has 2 aromatic carbocycles. The van der Waals surface area contributed by atoms with E-state index in [4.69, 9.17) is 4.74 Å². The van der Waals surface area contributed by atoms with Gasteiger partial charge in [0.2, 0.25) is 0 Å². The van der Waals surface area contributed by atoms with Gasteiger partial charge in [-0.15, -0.1) is 0 Å². The van der Waals surface area contributed by atoms with E-state index in [1.54, 1.807) is 24.3 Å². The number of hydrogen-bond acceptors (Lipinski definition) is 4. The predicted molar refractivity (Wildman–Crippen MR) is 129 cm³/mol. The number of ether oxygens (including phenoxy) is 1. The van der Waals surface area contributed by atoms with Crippen LogP contribution in [0.1, 0.15) is 23.9 Å². The first kappa shape index (κ1) is 22.7. The SMILES string of the molecule is CCOc1cccc(NC(=O)C(C#N)=Cc2cc(C)n(-c3ccc(N(C)C)cc3)c2C)c1. The Balaban J connectivity index is 1.87. The average molecular weight is 429 g/mol. The highest BCUT2D eigenvalue weighted by atomic mass is 16.5. The van der Waals surface area contributed by atoms with Gasteiger partial charge in [0.15, 0.2) is 0 Å². The number of nitrogens with one attached hydrogen (secondary N) is 1. The van der Waals surface area contributed by atoms with Gasteiger partial charge in [-0.2, -0.15) is 5.26 Å². The van der Waals surface area contributed by atoms with Gasteiger partial charge >= 0.3 is 0 Å². The number of aryl methyl sites for hydroxylation is 1. The van der Waals surface area contributed by atoms with Crippen molar-refractivity contribution < 1.29 is 9.53 Å². The van der Waals surface area contributed by atoms with Gasteiger partial charge in [0.1, 0.15) is 17.4 Å². The molecule has 164 valence electrons. The zero-order valence-electron chi connectivity index (χ0n) is 19.1. The number of nitriles is 1. The van der Waals surface area contributed by atoms with Crippen molar-refractivity contribution >= 4 is 23.4 Å². The quantitative estimate of drug-likeness (QED) is 0.420. The lowest BCUT2D eigenvalue weighted by molar-refractivity contribution is -0.112. The summed E-state index contributed by atoms with van der Waals surface area (Å²) in [6.45, 7) is 6.43. The fourth-order valence-electron chi connectivity index (χ4n) is 3.56. The average Bonchev–Trinajstić information content (AvgIpc) is 3.05. The first-order valence-corrected chi connectivity index (χ1v) is 10.5. The second-order valence-corrected chi connectivity index (χ2v) is 7.66. The summed E-state index contributed by atoms with van der Waals surface area (Å²) in [5, 5.41) is 12.4. The molecule has 0 atom stereocenters. The number of amides is 1. The fourth-order valence-corrected chi connectivity index (χ4v) is 3.56. The van der Waals surface area contributed by atoms with Gasteiger partial charge < -0.3 is 19.5 Å². The van der Waals surface area contributed by atoms with E-state index >= 15 is 0 Å². The molecule has 3 rings (SSSR count). The Morgan fingerprint density at radius 3 is 2.50 bits per heavy atom. The molecule has 0 aliphatic rings. The molecule has 0 aliphatic carbocycles. The first-order valence-electron chi connectivity index (χ1n) is 10.5. The third-order valence-corrected chi connectivity index (χ3v) is 5.16. The minimum atomic E-state index is -0.457. The van der Waals surface area contributed by atoms with E-state index in [1.165, 1.54) is 0 Å². The van der Waals surface area contributed by atoms with E-state index < -0.39 is 5.91 Å². The van der Waals surface area contributed by atoms with Crippen LogP contribution < -0.4 is 15.0 Å². The van der Waals surface area contributed by atoms with Crippen molar-refractivity contribution in [3.05, 3.63) is 77.1 Å².